The van der Waals surface area contributed by atoms with Crippen molar-refractivity contribution in [3.8, 4) is 0 Å². The zero-order valence-electron chi connectivity index (χ0n) is 11.5. The predicted molar refractivity (Wildman–Crippen MR) is 68.9 cm³/mol. The van der Waals surface area contributed by atoms with Crippen LogP contribution in [-0.4, -0.2) is 41.0 Å². The summed E-state index contributed by atoms with van der Waals surface area (Å²) in [5, 5.41) is 10.7. The smallest absolute Gasteiger partial charge is 0.308 e. The lowest BCUT2D eigenvalue weighted by molar-refractivity contribution is -0.387. The molecule has 0 aliphatic carbocycles. The third-order valence-electron chi connectivity index (χ3n) is 3.15. The number of hydrogen-bond donors (Lipinski definition) is 0. The Kier molecular flexibility index (Phi) is 4.17. The number of carbonyl (C=O) groups is 1. The molecule has 0 aromatic heterocycles. The highest BCUT2D eigenvalue weighted by Gasteiger charge is 2.31. The number of amides is 1. The van der Waals surface area contributed by atoms with Gasteiger partial charge in [0.15, 0.2) is 0 Å². The fourth-order valence-electron chi connectivity index (χ4n) is 2.38. The SMILES string of the molecule is C[C@@H]1CN(C(=O)c2cc(F)cc([N+](=O)[O-])c2F)C[C@H](C)O1. The maximum absolute atomic E-state index is 14.0. The van der Waals surface area contributed by atoms with E-state index >= 15 is 0 Å². The highest BCUT2D eigenvalue weighted by Crippen LogP contribution is 2.24. The van der Waals surface area contributed by atoms with Gasteiger partial charge in [0.1, 0.15) is 5.82 Å². The zero-order valence-corrected chi connectivity index (χ0v) is 11.5. The van der Waals surface area contributed by atoms with Crippen molar-refractivity contribution >= 4 is 11.6 Å². The number of halogens is 2. The quantitative estimate of drug-likeness (QED) is 0.619. The molecule has 1 fully saturated rings. The number of nitro groups is 1. The molecule has 1 saturated heterocycles. The Morgan fingerprint density at radius 2 is 1.90 bits per heavy atom. The molecule has 1 aliphatic rings. The van der Waals surface area contributed by atoms with Gasteiger partial charge < -0.3 is 9.64 Å². The predicted octanol–water partition coefficient (Wildman–Crippen LogP) is 2.12. The van der Waals surface area contributed by atoms with Crippen molar-refractivity contribution in [3.05, 3.63) is 39.4 Å². The second-order valence-corrected chi connectivity index (χ2v) is 5.01. The summed E-state index contributed by atoms with van der Waals surface area (Å²) in [5.74, 6) is -3.13. The number of ether oxygens (including phenoxy) is 1. The van der Waals surface area contributed by atoms with Crippen molar-refractivity contribution < 1.29 is 23.2 Å². The second-order valence-electron chi connectivity index (χ2n) is 5.01. The lowest BCUT2D eigenvalue weighted by atomic mass is 10.1. The molecule has 0 bridgehead atoms. The van der Waals surface area contributed by atoms with Gasteiger partial charge in [0, 0.05) is 13.1 Å². The molecule has 6 nitrogen and oxygen atoms in total. The molecule has 0 unspecified atom stereocenters. The summed E-state index contributed by atoms with van der Waals surface area (Å²) in [6.07, 6.45) is -0.492. The number of benzene rings is 1. The molecule has 1 aromatic rings. The first-order valence-corrected chi connectivity index (χ1v) is 6.37. The number of nitrogens with zero attached hydrogens (tertiary/aromatic N) is 2. The minimum atomic E-state index is -1.32. The van der Waals surface area contributed by atoms with Gasteiger partial charge in [-0.25, -0.2) is 4.39 Å². The topological polar surface area (TPSA) is 72.7 Å². The van der Waals surface area contributed by atoms with Gasteiger partial charge in [-0.05, 0) is 19.9 Å². The average Bonchev–Trinajstić information content (AvgIpc) is 2.38. The lowest BCUT2D eigenvalue weighted by Crippen LogP contribution is -2.48. The summed E-state index contributed by atoms with van der Waals surface area (Å²) in [4.78, 5) is 23.2. The Labute approximate surface area is 119 Å². The van der Waals surface area contributed by atoms with Crippen LogP contribution >= 0.6 is 0 Å². The summed E-state index contributed by atoms with van der Waals surface area (Å²) < 4.78 is 32.8. The van der Waals surface area contributed by atoms with Crippen molar-refractivity contribution in [2.24, 2.45) is 0 Å². The molecule has 1 aliphatic heterocycles. The van der Waals surface area contributed by atoms with Crippen LogP contribution in [0.4, 0.5) is 14.5 Å². The zero-order chi connectivity index (χ0) is 15.7. The average molecular weight is 300 g/mol. The molecule has 21 heavy (non-hydrogen) atoms. The molecule has 0 radical (unpaired) electrons. The molecule has 2 atom stereocenters. The molecular formula is C13H14F2N2O4. The van der Waals surface area contributed by atoms with Crippen LogP contribution in [0.2, 0.25) is 0 Å². The first-order valence-electron chi connectivity index (χ1n) is 6.37. The van der Waals surface area contributed by atoms with Gasteiger partial charge in [0.05, 0.1) is 28.8 Å². The van der Waals surface area contributed by atoms with Crippen molar-refractivity contribution in [3.63, 3.8) is 0 Å². The summed E-state index contributed by atoms with van der Waals surface area (Å²) in [6.45, 7) is 3.93. The van der Waals surface area contributed by atoms with Crippen LogP contribution in [0, 0.1) is 21.7 Å². The van der Waals surface area contributed by atoms with Crippen LogP contribution in [0.5, 0.6) is 0 Å². The number of nitro benzene ring substituents is 1. The summed E-state index contributed by atoms with van der Waals surface area (Å²) in [6, 6.07) is 1.13. The summed E-state index contributed by atoms with van der Waals surface area (Å²) in [5.41, 5.74) is -1.68. The third-order valence-corrected chi connectivity index (χ3v) is 3.15. The van der Waals surface area contributed by atoms with E-state index in [4.69, 9.17) is 4.74 Å². The minimum absolute atomic E-state index is 0.215. The highest BCUT2D eigenvalue weighted by molar-refractivity contribution is 5.95. The van der Waals surface area contributed by atoms with E-state index < -0.39 is 33.7 Å². The first kappa shape index (κ1) is 15.3. The number of hydrogen-bond acceptors (Lipinski definition) is 4. The first-order chi connectivity index (χ1) is 9.79. The van der Waals surface area contributed by atoms with E-state index in [-0.39, 0.29) is 25.3 Å². The molecule has 1 aromatic carbocycles. The Morgan fingerprint density at radius 3 is 2.43 bits per heavy atom. The second kappa shape index (κ2) is 5.72. The number of rotatable bonds is 2. The molecule has 2 rings (SSSR count). The van der Waals surface area contributed by atoms with Crippen molar-refractivity contribution in [1.29, 1.82) is 0 Å². The van der Waals surface area contributed by atoms with Gasteiger partial charge >= 0.3 is 5.69 Å². The van der Waals surface area contributed by atoms with E-state index in [9.17, 15) is 23.7 Å². The third kappa shape index (κ3) is 3.15. The van der Waals surface area contributed by atoms with Crippen molar-refractivity contribution in [1.82, 2.24) is 4.90 Å². The van der Waals surface area contributed by atoms with Crippen LogP contribution in [0.25, 0.3) is 0 Å². The van der Waals surface area contributed by atoms with E-state index in [0.717, 1.165) is 0 Å². The summed E-state index contributed by atoms with van der Waals surface area (Å²) in [7, 11) is 0. The van der Waals surface area contributed by atoms with Gasteiger partial charge in [0.25, 0.3) is 5.91 Å². The van der Waals surface area contributed by atoms with Crippen molar-refractivity contribution in [2.75, 3.05) is 13.1 Å². The van der Waals surface area contributed by atoms with Gasteiger partial charge in [-0.2, -0.15) is 4.39 Å². The highest BCUT2D eigenvalue weighted by atomic mass is 19.1. The Hall–Kier alpha value is -2.09. The van der Waals surface area contributed by atoms with E-state index in [0.29, 0.717) is 12.1 Å². The number of morpholine rings is 1. The largest absolute Gasteiger partial charge is 0.372 e. The fraction of sp³-hybridized carbons (Fsp3) is 0.462. The van der Waals surface area contributed by atoms with Gasteiger partial charge in [-0.15, -0.1) is 0 Å². The number of carbonyl (C=O) groups excluding carboxylic acids is 1. The minimum Gasteiger partial charge on any atom is -0.372 e. The summed E-state index contributed by atoms with van der Waals surface area (Å²) >= 11 is 0. The standard InChI is InChI=1S/C13H14F2N2O4/c1-7-5-16(6-8(2)21-7)13(18)10-3-9(14)4-11(12(10)15)17(19)20/h3-4,7-8H,5-6H2,1-2H3/t7-,8+. The molecule has 1 heterocycles. The van der Waals surface area contributed by atoms with Crippen LogP contribution < -0.4 is 0 Å². The molecule has 0 spiro atoms. The van der Waals surface area contributed by atoms with Crippen LogP contribution in [0.3, 0.4) is 0 Å². The maximum atomic E-state index is 14.0. The Morgan fingerprint density at radius 1 is 1.33 bits per heavy atom. The Balaban J connectivity index is 2.37. The normalized spacial score (nSPS) is 22.2. The van der Waals surface area contributed by atoms with Gasteiger partial charge in [-0.3, -0.25) is 14.9 Å². The molecule has 0 N–H and O–H groups in total. The van der Waals surface area contributed by atoms with Gasteiger partial charge in [0.2, 0.25) is 5.82 Å². The van der Waals surface area contributed by atoms with E-state index in [2.05, 4.69) is 0 Å². The molecular weight excluding hydrogens is 286 g/mol. The molecule has 8 heteroatoms. The Bertz CT molecular complexity index is 584. The lowest BCUT2D eigenvalue weighted by Gasteiger charge is -2.35. The van der Waals surface area contributed by atoms with Crippen molar-refractivity contribution in [2.45, 2.75) is 26.1 Å². The van der Waals surface area contributed by atoms with E-state index in [1.54, 1.807) is 13.8 Å². The van der Waals surface area contributed by atoms with Crippen LogP contribution in [-0.2, 0) is 4.74 Å². The van der Waals surface area contributed by atoms with E-state index in [1.807, 2.05) is 0 Å². The monoisotopic (exact) mass is 300 g/mol. The molecule has 0 saturated carbocycles. The maximum Gasteiger partial charge on any atom is 0.308 e. The molecule has 1 amide bonds. The van der Waals surface area contributed by atoms with Crippen LogP contribution in [0.15, 0.2) is 12.1 Å². The van der Waals surface area contributed by atoms with E-state index in [1.165, 1.54) is 4.90 Å². The van der Waals surface area contributed by atoms with Crippen LogP contribution in [0.1, 0.15) is 24.2 Å². The molecule has 114 valence electrons. The fourth-order valence-corrected chi connectivity index (χ4v) is 2.38. The van der Waals surface area contributed by atoms with Gasteiger partial charge in [-0.1, -0.05) is 0 Å².